The van der Waals surface area contributed by atoms with Crippen LogP contribution in [0.25, 0.3) is 0 Å². The highest BCUT2D eigenvalue weighted by Crippen LogP contribution is 2.33. The number of amides is 1. The molecule has 3 aliphatic rings. The van der Waals surface area contributed by atoms with Gasteiger partial charge in [-0.3, -0.25) is 15.0 Å². The summed E-state index contributed by atoms with van der Waals surface area (Å²) >= 11 is 1.43. The van der Waals surface area contributed by atoms with Crippen molar-refractivity contribution in [2.75, 3.05) is 38.2 Å². The lowest BCUT2D eigenvalue weighted by Gasteiger charge is -2.33. The van der Waals surface area contributed by atoms with Gasteiger partial charge < -0.3 is 14.9 Å². The molecule has 5 rings (SSSR count). The Bertz CT molecular complexity index is 1200. The first-order valence-corrected chi connectivity index (χ1v) is 14.6. The fourth-order valence-electron chi connectivity index (χ4n) is 4.23. The van der Waals surface area contributed by atoms with Crippen molar-refractivity contribution in [3.05, 3.63) is 40.9 Å². The van der Waals surface area contributed by atoms with E-state index < -0.39 is 15.7 Å². The minimum Gasteiger partial charge on any atom is -0.389 e. The first kappa shape index (κ1) is 25.3. The minimum absolute atomic E-state index is 0.0600. The molecule has 2 aliphatic heterocycles. The Morgan fingerprint density at radius 2 is 2.11 bits per heavy atom. The van der Waals surface area contributed by atoms with Gasteiger partial charge in [-0.2, -0.15) is 0 Å². The molecule has 2 saturated heterocycles. The number of ether oxygens (including phenoxy) is 1. The fourth-order valence-corrected chi connectivity index (χ4v) is 6.72. The summed E-state index contributed by atoms with van der Waals surface area (Å²) in [6.07, 6.45) is 3.64. The predicted octanol–water partition coefficient (Wildman–Crippen LogP) is 2.02. The Morgan fingerprint density at radius 1 is 1.31 bits per heavy atom. The minimum atomic E-state index is -3.32. The maximum atomic E-state index is 13.2. The number of rotatable bonds is 9. The highest BCUT2D eigenvalue weighted by molar-refractivity contribution is 7.92. The van der Waals surface area contributed by atoms with Gasteiger partial charge in [-0.1, -0.05) is 17.3 Å². The Morgan fingerprint density at radius 3 is 2.81 bits per heavy atom. The van der Waals surface area contributed by atoms with Gasteiger partial charge in [0, 0.05) is 55.3 Å². The highest BCUT2D eigenvalue weighted by Gasteiger charge is 2.37. The monoisotopic (exact) mass is 533 g/mol. The summed E-state index contributed by atoms with van der Waals surface area (Å²) in [7, 11) is -3.32. The number of anilines is 1. The van der Waals surface area contributed by atoms with Crippen LogP contribution < -0.4 is 10.6 Å². The van der Waals surface area contributed by atoms with Crippen molar-refractivity contribution in [3.8, 4) is 0 Å². The number of benzene rings is 1. The van der Waals surface area contributed by atoms with E-state index in [9.17, 15) is 13.2 Å². The standard InChI is InChI=1S/C24H31N5O5S2/c1-16-12-25-9-10-29(16)14-19-13-26-24(35-19)27-23(30)22(28-34-18-8-11-33-15-18)17-2-4-20(5-3-17)36(31,32)21-6-7-21/h2-5,13,16,18,21,25H,6-12,14-15H2,1H3,(H,26,27,30)/b28-22+/t16-,18+/m0/s1. The maximum absolute atomic E-state index is 13.2. The molecule has 36 heavy (non-hydrogen) atoms. The molecular weight excluding hydrogens is 502 g/mol. The Hall–Kier alpha value is -2.38. The molecular formula is C24H31N5O5S2. The Labute approximate surface area is 215 Å². The summed E-state index contributed by atoms with van der Waals surface area (Å²) in [5.41, 5.74) is 0.525. The highest BCUT2D eigenvalue weighted by atomic mass is 32.2. The van der Waals surface area contributed by atoms with E-state index in [4.69, 9.17) is 9.57 Å². The van der Waals surface area contributed by atoms with E-state index in [2.05, 4.69) is 32.6 Å². The van der Waals surface area contributed by atoms with E-state index >= 15 is 0 Å². The largest absolute Gasteiger partial charge is 0.389 e. The molecule has 3 fully saturated rings. The number of hydrogen-bond acceptors (Lipinski definition) is 10. The zero-order chi connectivity index (χ0) is 25.1. The normalized spacial score (nSPS) is 23.5. The number of hydrogen-bond donors (Lipinski definition) is 2. The van der Waals surface area contributed by atoms with E-state index in [0.29, 0.717) is 49.2 Å². The molecule has 2 aromatic rings. The number of piperazine rings is 1. The number of oxime groups is 1. The van der Waals surface area contributed by atoms with E-state index in [0.717, 1.165) is 31.1 Å². The van der Waals surface area contributed by atoms with Crippen molar-refractivity contribution in [2.45, 2.75) is 55.0 Å². The second kappa shape index (κ2) is 10.9. The van der Waals surface area contributed by atoms with Gasteiger partial charge in [-0.05, 0) is 31.9 Å². The summed E-state index contributed by atoms with van der Waals surface area (Å²) in [5, 5.41) is 10.6. The van der Waals surface area contributed by atoms with Gasteiger partial charge in [0.15, 0.2) is 26.8 Å². The second-order valence-electron chi connectivity index (χ2n) is 9.41. The zero-order valence-corrected chi connectivity index (χ0v) is 21.8. The van der Waals surface area contributed by atoms with Crippen molar-refractivity contribution in [3.63, 3.8) is 0 Å². The molecule has 1 aromatic carbocycles. The van der Waals surface area contributed by atoms with Gasteiger partial charge >= 0.3 is 0 Å². The SMILES string of the molecule is C[C@H]1CNCCN1Cc1cnc(NC(=O)/C(=N/O[C@@H]2CCOC2)c2ccc(S(=O)(=O)C3CC3)cc2)s1. The number of sulfone groups is 1. The topological polar surface area (TPSA) is 122 Å². The molecule has 12 heteroatoms. The maximum Gasteiger partial charge on any atom is 0.280 e. The average molecular weight is 534 g/mol. The Balaban J connectivity index is 1.31. The lowest BCUT2D eigenvalue weighted by Crippen LogP contribution is -2.49. The summed E-state index contributed by atoms with van der Waals surface area (Å²) in [6.45, 7) is 6.84. The summed E-state index contributed by atoms with van der Waals surface area (Å²) in [4.78, 5) is 26.9. The lowest BCUT2D eigenvalue weighted by atomic mass is 10.1. The summed E-state index contributed by atoms with van der Waals surface area (Å²) in [5.74, 6) is -0.469. The molecule has 0 spiro atoms. The van der Waals surface area contributed by atoms with E-state index in [1.54, 1.807) is 18.3 Å². The van der Waals surface area contributed by atoms with Gasteiger partial charge in [0.25, 0.3) is 5.91 Å². The van der Waals surface area contributed by atoms with Crippen LogP contribution in [-0.2, 0) is 30.8 Å². The number of nitrogens with one attached hydrogen (secondary N) is 2. The Kier molecular flexibility index (Phi) is 7.68. The van der Waals surface area contributed by atoms with Crippen LogP contribution in [0.2, 0.25) is 0 Å². The second-order valence-corrected chi connectivity index (χ2v) is 12.8. The van der Waals surface area contributed by atoms with E-state index in [-0.39, 0.29) is 22.0 Å². The molecule has 1 aromatic heterocycles. The quantitative estimate of drug-likeness (QED) is 0.371. The summed E-state index contributed by atoms with van der Waals surface area (Å²) in [6, 6.07) is 6.69. The molecule has 2 N–H and O–H groups in total. The van der Waals surface area contributed by atoms with Crippen molar-refractivity contribution in [2.24, 2.45) is 5.16 Å². The van der Waals surface area contributed by atoms with Crippen molar-refractivity contribution in [1.82, 2.24) is 15.2 Å². The lowest BCUT2D eigenvalue weighted by molar-refractivity contribution is -0.110. The molecule has 10 nitrogen and oxygen atoms in total. The molecule has 1 aliphatic carbocycles. The number of carbonyl (C=O) groups is 1. The third-order valence-electron chi connectivity index (χ3n) is 6.59. The van der Waals surface area contributed by atoms with Crippen LogP contribution in [-0.4, -0.2) is 80.2 Å². The molecule has 0 unspecified atom stereocenters. The van der Waals surface area contributed by atoms with Crippen LogP contribution in [0.5, 0.6) is 0 Å². The first-order valence-electron chi connectivity index (χ1n) is 12.3. The van der Waals surface area contributed by atoms with Gasteiger partial charge in [-0.15, -0.1) is 11.3 Å². The van der Waals surface area contributed by atoms with Crippen LogP contribution in [0.15, 0.2) is 40.5 Å². The number of thiazole rings is 1. The first-order chi connectivity index (χ1) is 17.4. The van der Waals surface area contributed by atoms with Crippen LogP contribution in [0.4, 0.5) is 5.13 Å². The average Bonchev–Trinajstić information content (AvgIpc) is 3.45. The van der Waals surface area contributed by atoms with Crippen molar-refractivity contribution >= 4 is 37.9 Å². The predicted molar refractivity (Wildman–Crippen MR) is 137 cm³/mol. The zero-order valence-electron chi connectivity index (χ0n) is 20.2. The van der Waals surface area contributed by atoms with Crippen LogP contribution in [0, 0.1) is 0 Å². The molecule has 2 atom stereocenters. The van der Waals surface area contributed by atoms with E-state index in [1.807, 2.05) is 0 Å². The molecule has 1 amide bonds. The molecule has 1 saturated carbocycles. The molecule has 0 bridgehead atoms. The number of aromatic nitrogens is 1. The fraction of sp³-hybridized carbons (Fsp3) is 0.542. The molecule has 0 radical (unpaired) electrons. The number of carbonyl (C=O) groups excluding carboxylic acids is 1. The summed E-state index contributed by atoms with van der Waals surface area (Å²) < 4.78 is 30.4. The third-order valence-corrected chi connectivity index (χ3v) is 9.76. The van der Waals surface area contributed by atoms with Gasteiger partial charge in [0.1, 0.15) is 0 Å². The smallest absolute Gasteiger partial charge is 0.280 e. The molecule has 3 heterocycles. The van der Waals surface area contributed by atoms with Gasteiger partial charge in [0.05, 0.1) is 23.4 Å². The van der Waals surface area contributed by atoms with Crippen molar-refractivity contribution in [1.29, 1.82) is 0 Å². The van der Waals surface area contributed by atoms with Crippen LogP contribution >= 0.6 is 11.3 Å². The van der Waals surface area contributed by atoms with Gasteiger partial charge in [0.2, 0.25) is 0 Å². The van der Waals surface area contributed by atoms with Gasteiger partial charge in [-0.25, -0.2) is 13.4 Å². The third kappa shape index (κ3) is 5.94. The van der Waals surface area contributed by atoms with E-state index in [1.165, 1.54) is 23.5 Å². The molecule has 194 valence electrons. The van der Waals surface area contributed by atoms with Crippen LogP contribution in [0.3, 0.4) is 0 Å². The number of nitrogens with zero attached hydrogens (tertiary/aromatic N) is 3. The van der Waals surface area contributed by atoms with Crippen molar-refractivity contribution < 1.29 is 22.8 Å². The van der Waals surface area contributed by atoms with Crippen LogP contribution in [0.1, 0.15) is 36.6 Å².